The second-order valence-electron chi connectivity index (χ2n) is 9.03. The van der Waals surface area contributed by atoms with Gasteiger partial charge in [-0.3, -0.25) is 4.79 Å². The van der Waals surface area contributed by atoms with Crippen molar-refractivity contribution in [1.29, 1.82) is 5.26 Å². The standard InChI is InChI=1S/C16H19NO2.C8H9F.C6H10N2/c1-5-11(2)10-15(16(17)18)13(4)19-14-8-6-12(3)7-9-14;1-6-3-4-7(2)8(9)5-6;1-6-2-3-8(4-6)5-7/h5-10H,1H2,2-4H3,(H2,17,18);3-5H,1-2H3;6H,2-4H2,1H3/b11-10-,15-13-;;. The van der Waals surface area contributed by atoms with Crippen molar-refractivity contribution in [1.82, 2.24) is 4.90 Å². The van der Waals surface area contributed by atoms with Crippen molar-refractivity contribution in [3.8, 4) is 11.9 Å². The summed E-state index contributed by atoms with van der Waals surface area (Å²) in [6.45, 7) is 16.9. The molecule has 0 aromatic heterocycles. The number of aryl methyl sites for hydroxylation is 3. The Labute approximate surface area is 215 Å². The van der Waals surface area contributed by atoms with E-state index in [2.05, 4.69) is 19.7 Å². The summed E-state index contributed by atoms with van der Waals surface area (Å²) in [7, 11) is 0. The van der Waals surface area contributed by atoms with Gasteiger partial charge in [0.1, 0.15) is 17.3 Å². The molecule has 0 radical (unpaired) electrons. The topological polar surface area (TPSA) is 79.4 Å². The summed E-state index contributed by atoms with van der Waals surface area (Å²) in [6, 6.07) is 12.8. The zero-order chi connectivity index (χ0) is 27.3. The Morgan fingerprint density at radius 2 is 1.78 bits per heavy atom. The Hall–Kier alpha value is -3.85. The SMILES string of the molecule is C=C/C(C)=C\C(C(N)=O)=C(/C)Oc1ccc(C)cc1.CC1CCN(C#N)C1.Cc1ccc(C)c(F)c1. The van der Waals surface area contributed by atoms with E-state index in [-0.39, 0.29) is 5.82 Å². The summed E-state index contributed by atoms with van der Waals surface area (Å²) < 4.78 is 18.2. The smallest absolute Gasteiger partial charge is 0.252 e. The zero-order valence-corrected chi connectivity index (χ0v) is 22.3. The van der Waals surface area contributed by atoms with E-state index < -0.39 is 5.91 Å². The fourth-order valence-electron chi connectivity index (χ4n) is 3.19. The summed E-state index contributed by atoms with van der Waals surface area (Å²) in [6.07, 6.45) is 6.64. The number of nitriles is 1. The van der Waals surface area contributed by atoms with Gasteiger partial charge in [0, 0.05) is 13.1 Å². The third-order valence-corrected chi connectivity index (χ3v) is 5.52. The first-order valence-electron chi connectivity index (χ1n) is 11.9. The third kappa shape index (κ3) is 11.1. The average Bonchev–Trinajstić information content (AvgIpc) is 3.27. The lowest BCUT2D eigenvalue weighted by molar-refractivity contribution is -0.114. The van der Waals surface area contributed by atoms with Crippen molar-refractivity contribution in [2.75, 3.05) is 13.1 Å². The molecule has 1 fully saturated rings. The Balaban J connectivity index is 0.000000313. The van der Waals surface area contributed by atoms with Crippen molar-refractivity contribution >= 4 is 5.91 Å². The number of carbonyl (C=O) groups excluding carboxylic acids is 1. The summed E-state index contributed by atoms with van der Waals surface area (Å²) in [5.41, 5.74) is 9.38. The molecule has 2 aromatic rings. The van der Waals surface area contributed by atoms with E-state index in [1.54, 1.807) is 32.1 Å². The quantitative estimate of drug-likeness (QED) is 0.224. The van der Waals surface area contributed by atoms with Crippen LogP contribution in [0, 0.1) is 44.0 Å². The second-order valence-corrected chi connectivity index (χ2v) is 9.03. The van der Waals surface area contributed by atoms with Crippen molar-refractivity contribution in [3.63, 3.8) is 0 Å². The van der Waals surface area contributed by atoms with Crippen LogP contribution in [0.15, 0.2) is 78.1 Å². The van der Waals surface area contributed by atoms with Crippen LogP contribution in [0.1, 0.15) is 43.9 Å². The van der Waals surface area contributed by atoms with E-state index in [1.807, 2.05) is 56.0 Å². The number of hydrogen-bond donors (Lipinski definition) is 1. The largest absolute Gasteiger partial charge is 0.461 e. The molecule has 1 aliphatic rings. The minimum absolute atomic E-state index is 0.116. The van der Waals surface area contributed by atoms with Gasteiger partial charge in [0.25, 0.3) is 5.91 Å². The average molecular weight is 492 g/mol. The van der Waals surface area contributed by atoms with Gasteiger partial charge in [-0.15, -0.1) is 0 Å². The highest BCUT2D eigenvalue weighted by molar-refractivity contribution is 5.95. The van der Waals surface area contributed by atoms with Gasteiger partial charge in [-0.25, -0.2) is 4.39 Å². The molecule has 5 nitrogen and oxygen atoms in total. The number of primary amides is 1. The van der Waals surface area contributed by atoms with E-state index in [0.29, 0.717) is 22.6 Å². The molecule has 1 unspecified atom stereocenters. The maximum absolute atomic E-state index is 12.6. The van der Waals surface area contributed by atoms with Crippen LogP contribution in [-0.4, -0.2) is 23.9 Å². The fourth-order valence-corrected chi connectivity index (χ4v) is 3.19. The number of benzene rings is 2. The van der Waals surface area contributed by atoms with Gasteiger partial charge in [-0.2, -0.15) is 5.26 Å². The summed E-state index contributed by atoms with van der Waals surface area (Å²) in [5.74, 6) is 1.24. The lowest BCUT2D eigenvalue weighted by atomic mass is 10.1. The van der Waals surface area contributed by atoms with E-state index in [4.69, 9.17) is 15.7 Å². The Kier molecular flexibility index (Phi) is 12.7. The van der Waals surface area contributed by atoms with Crippen LogP contribution in [0.3, 0.4) is 0 Å². The zero-order valence-electron chi connectivity index (χ0n) is 22.3. The van der Waals surface area contributed by atoms with Crippen molar-refractivity contribution in [2.45, 2.75) is 48.0 Å². The number of allylic oxidation sites excluding steroid dienone is 3. The van der Waals surface area contributed by atoms with E-state index in [1.165, 1.54) is 12.5 Å². The fraction of sp³-hybridized carbons (Fsp3) is 0.333. The van der Waals surface area contributed by atoms with Gasteiger partial charge < -0.3 is 15.4 Å². The number of halogens is 1. The Morgan fingerprint density at radius 1 is 1.17 bits per heavy atom. The molecule has 0 aliphatic carbocycles. The molecule has 0 spiro atoms. The highest BCUT2D eigenvalue weighted by atomic mass is 19.1. The van der Waals surface area contributed by atoms with Gasteiger partial charge in [0.2, 0.25) is 0 Å². The number of ether oxygens (including phenoxy) is 1. The van der Waals surface area contributed by atoms with E-state index in [9.17, 15) is 9.18 Å². The molecule has 6 heteroatoms. The van der Waals surface area contributed by atoms with E-state index in [0.717, 1.165) is 35.7 Å². The van der Waals surface area contributed by atoms with Crippen LogP contribution in [0.25, 0.3) is 0 Å². The van der Waals surface area contributed by atoms with Crippen LogP contribution in [0.2, 0.25) is 0 Å². The van der Waals surface area contributed by atoms with E-state index >= 15 is 0 Å². The molecule has 1 aliphatic heterocycles. The van der Waals surface area contributed by atoms with Crippen LogP contribution in [0.5, 0.6) is 5.75 Å². The third-order valence-electron chi connectivity index (χ3n) is 5.52. The first-order chi connectivity index (χ1) is 17.0. The normalized spacial score (nSPS) is 15.3. The Bertz CT molecular complexity index is 1130. The molecule has 1 atom stereocenters. The van der Waals surface area contributed by atoms with Gasteiger partial charge in [0.15, 0.2) is 6.19 Å². The molecule has 0 bridgehead atoms. The van der Waals surface area contributed by atoms with Gasteiger partial charge in [0.05, 0.1) is 5.57 Å². The molecule has 3 rings (SSSR count). The summed E-state index contributed by atoms with van der Waals surface area (Å²) in [4.78, 5) is 13.3. The second kappa shape index (κ2) is 15.2. The molecule has 1 saturated heterocycles. The number of hydrogen-bond acceptors (Lipinski definition) is 4. The van der Waals surface area contributed by atoms with Gasteiger partial charge in [-0.05, 0) is 82.4 Å². The van der Waals surface area contributed by atoms with Crippen LogP contribution in [0.4, 0.5) is 4.39 Å². The minimum atomic E-state index is -0.522. The predicted molar refractivity (Wildman–Crippen MR) is 144 cm³/mol. The lowest BCUT2D eigenvalue weighted by Crippen LogP contribution is -2.16. The van der Waals surface area contributed by atoms with Crippen LogP contribution in [-0.2, 0) is 4.79 Å². The van der Waals surface area contributed by atoms with Crippen molar-refractivity contribution in [3.05, 3.63) is 101 Å². The maximum atomic E-state index is 12.6. The minimum Gasteiger partial charge on any atom is -0.461 e. The number of likely N-dealkylation sites (tertiary alicyclic amines) is 1. The molecule has 36 heavy (non-hydrogen) atoms. The lowest BCUT2D eigenvalue weighted by Gasteiger charge is -2.09. The Morgan fingerprint density at radius 3 is 2.19 bits per heavy atom. The highest BCUT2D eigenvalue weighted by Crippen LogP contribution is 2.18. The number of amides is 1. The molecular weight excluding hydrogens is 453 g/mol. The molecule has 2 N–H and O–H groups in total. The molecule has 1 heterocycles. The first-order valence-corrected chi connectivity index (χ1v) is 11.9. The van der Waals surface area contributed by atoms with Gasteiger partial charge >= 0.3 is 0 Å². The molecule has 192 valence electrons. The van der Waals surface area contributed by atoms with Gasteiger partial charge in [-0.1, -0.05) is 55.0 Å². The first kappa shape index (κ1) is 30.2. The van der Waals surface area contributed by atoms with Crippen molar-refractivity contribution < 1.29 is 13.9 Å². The van der Waals surface area contributed by atoms with Crippen LogP contribution >= 0.6 is 0 Å². The van der Waals surface area contributed by atoms with Crippen LogP contribution < -0.4 is 10.5 Å². The monoisotopic (exact) mass is 491 g/mol. The number of nitrogens with zero attached hydrogens (tertiary/aromatic N) is 2. The molecule has 2 aromatic carbocycles. The molecular formula is C30H38FN3O2. The summed E-state index contributed by atoms with van der Waals surface area (Å²) >= 11 is 0. The van der Waals surface area contributed by atoms with Crippen molar-refractivity contribution in [2.24, 2.45) is 11.7 Å². The molecule has 0 saturated carbocycles. The maximum Gasteiger partial charge on any atom is 0.252 e. The predicted octanol–water partition coefficient (Wildman–Crippen LogP) is 6.52. The summed E-state index contributed by atoms with van der Waals surface area (Å²) in [5, 5.41) is 8.36. The number of carbonyl (C=O) groups is 1. The number of rotatable bonds is 5. The molecule has 1 amide bonds. The number of nitrogens with two attached hydrogens (primary N) is 1. The highest BCUT2D eigenvalue weighted by Gasteiger charge is 2.16.